The molecule has 0 amide bonds. The zero-order valence-corrected chi connectivity index (χ0v) is 30.4. The first kappa shape index (κ1) is 30.7. The lowest BCUT2D eigenvalue weighted by Gasteiger charge is -2.49. The fourth-order valence-electron chi connectivity index (χ4n) is 11.1. The number of nitrogens with zero attached hydrogens (tertiary/aromatic N) is 1. The van der Waals surface area contributed by atoms with Crippen LogP contribution >= 0.6 is 0 Å². The largest absolute Gasteiger partial charge is 0.356 e. The highest BCUT2D eigenvalue weighted by atomic mass is 15.2. The van der Waals surface area contributed by atoms with Gasteiger partial charge in [0.1, 0.15) is 0 Å². The van der Waals surface area contributed by atoms with Crippen molar-refractivity contribution >= 4 is 5.70 Å². The average molecular weight is 700 g/mol. The smallest absolute Gasteiger partial charge is 0.0753 e. The van der Waals surface area contributed by atoms with Gasteiger partial charge >= 0.3 is 0 Å². The standard InChI is InChI=1S/C54H37N/c1-3-18-36(19-4-1)50-34-51(37-20-5-2-6-21-37)55(50)35-38-22-17-33-49-52(38)41-25-9-12-28-44(41)54(49)47-31-15-13-29-45(47)53(46-30-14-16-32-48(46)54)42-26-10-7-23-39(42)40-24-8-11-27-43(40)53/h1-34,50H,35H2. The minimum Gasteiger partial charge on any atom is -0.356 e. The number of benzene rings is 8. The zero-order valence-electron chi connectivity index (χ0n) is 30.4. The van der Waals surface area contributed by atoms with Gasteiger partial charge in [-0.15, -0.1) is 0 Å². The molecule has 1 heterocycles. The van der Waals surface area contributed by atoms with E-state index in [9.17, 15) is 0 Å². The third-order valence-electron chi connectivity index (χ3n) is 13.1. The molecular weight excluding hydrogens is 663 g/mol. The second-order valence-electron chi connectivity index (χ2n) is 15.5. The molecule has 4 aliphatic rings. The van der Waals surface area contributed by atoms with Crippen molar-refractivity contribution in [2.24, 2.45) is 0 Å². The normalized spacial score (nSPS) is 17.0. The Morgan fingerprint density at radius 2 is 0.782 bits per heavy atom. The molecule has 258 valence electrons. The van der Waals surface area contributed by atoms with E-state index < -0.39 is 10.8 Å². The van der Waals surface area contributed by atoms with E-state index in [2.05, 4.69) is 211 Å². The van der Waals surface area contributed by atoms with Crippen LogP contribution in [0.15, 0.2) is 206 Å². The monoisotopic (exact) mass is 699 g/mol. The van der Waals surface area contributed by atoms with Gasteiger partial charge in [-0.3, -0.25) is 0 Å². The van der Waals surface area contributed by atoms with Crippen LogP contribution in [0.25, 0.3) is 28.0 Å². The summed E-state index contributed by atoms with van der Waals surface area (Å²) < 4.78 is 0. The first-order valence-corrected chi connectivity index (χ1v) is 19.5. The van der Waals surface area contributed by atoms with Gasteiger partial charge in [-0.25, -0.2) is 0 Å². The van der Waals surface area contributed by atoms with Crippen molar-refractivity contribution < 1.29 is 0 Å². The summed E-state index contributed by atoms with van der Waals surface area (Å²) in [4.78, 5) is 2.61. The summed E-state index contributed by atoms with van der Waals surface area (Å²) in [6.45, 7) is 0.807. The van der Waals surface area contributed by atoms with Crippen LogP contribution in [0.5, 0.6) is 0 Å². The highest BCUT2D eigenvalue weighted by Gasteiger charge is 2.59. The fourth-order valence-corrected chi connectivity index (χ4v) is 11.1. The van der Waals surface area contributed by atoms with E-state index in [4.69, 9.17) is 0 Å². The van der Waals surface area contributed by atoms with E-state index >= 15 is 0 Å². The lowest BCUT2D eigenvalue weighted by atomic mass is 9.52. The van der Waals surface area contributed by atoms with Crippen LogP contribution in [0.2, 0.25) is 0 Å². The second-order valence-corrected chi connectivity index (χ2v) is 15.5. The Morgan fingerprint density at radius 1 is 0.364 bits per heavy atom. The van der Waals surface area contributed by atoms with Gasteiger partial charge in [0.05, 0.1) is 16.9 Å². The Kier molecular flexibility index (Phi) is 6.37. The topological polar surface area (TPSA) is 3.24 Å². The lowest BCUT2D eigenvalue weighted by Crippen LogP contribution is -2.43. The van der Waals surface area contributed by atoms with E-state index in [0.717, 1.165) is 6.54 Å². The molecule has 55 heavy (non-hydrogen) atoms. The highest BCUT2D eigenvalue weighted by molar-refractivity contribution is 5.94. The van der Waals surface area contributed by atoms with Crippen LogP contribution in [0, 0.1) is 0 Å². The molecule has 1 unspecified atom stereocenters. The van der Waals surface area contributed by atoms with Crippen molar-refractivity contribution in [3.05, 3.63) is 267 Å². The molecule has 0 aromatic heterocycles. The van der Waals surface area contributed by atoms with Gasteiger partial charge in [0.2, 0.25) is 0 Å². The maximum absolute atomic E-state index is 2.61. The van der Waals surface area contributed by atoms with E-state index in [1.807, 2.05) is 0 Å². The molecule has 1 atom stereocenters. The van der Waals surface area contributed by atoms with Gasteiger partial charge < -0.3 is 4.90 Å². The molecule has 8 aromatic rings. The number of hydrogen-bond acceptors (Lipinski definition) is 1. The second kappa shape index (κ2) is 11.4. The molecule has 0 N–H and O–H groups in total. The molecule has 8 aromatic carbocycles. The van der Waals surface area contributed by atoms with E-state index in [1.165, 1.54) is 89.1 Å². The molecule has 0 fully saturated rings. The molecule has 1 nitrogen and oxygen atoms in total. The van der Waals surface area contributed by atoms with Crippen LogP contribution in [0.1, 0.15) is 67.2 Å². The van der Waals surface area contributed by atoms with Crippen molar-refractivity contribution in [3.8, 4) is 22.3 Å². The summed E-state index contributed by atoms with van der Waals surface area (Å²) in [6.07, 6.45) is 2.44. The minimum atomic E-state index is -0.487. The van der Waals surface area contributed by atoms with Gasteiger partial charge in [-0.05, 0) is 89.5 Å². The van der Waals surface area contributed by atoms with Gasteiger partial charge in [0.15, 0.2) is 0 Å². The van der Waals surface area contributed by atoms with Gasteiger partial charge in [0, 0.05) is 12.2 Å². The van der Waals surface area contributed by atoms with Gasteiger partial charge in [-0.2, -0.15) is 0 Å². The Balaban J connectivity index is 1.12. The molecule has 2 spiro atoms. The third kappa shape index (κ3) is 3.87. The number of hydrogen-bond donors (Lipinski definition) is 0. The van der Waals surface area contributed by atoms with E-state index in [0.29, 0.717) is 0 Å². The molecular formula is C54H37N. The minimum absolute atomic E-state index is 0.205. The first-order valence-electron chi connectivity index (χ1n) is 19.5. The molecule has 3 aliphatic carbocycles. The van der Waals surface area contributed by atoms with Crippen molar-refractivity contribution in [3.63, 3.8) is 0 Å². The Hall–Kier alpha value is -6.70. The summed E-state index contributed by atoms with van der Waals surface area (Å²) in [5, 5.41) is 0. The predicted octanol–water partition coefficient (Wildman–Crippen LogP) is 12.3. The van der Waals surface area contributed by atoms with Crippen LogP contribution in [0.4, 0.5) is 0 Å². The maximum atomic E-state index is 2.61. The summed E-state index contributed by atoms with van der Waals surface area (Å²) in [7, 11) is 0. The third-order valence-corrected chi connectivity index (χ3v) is 13.1. The van der Waals surface area contributed by atoms with Crippen LogP contribution in [-0.2, 0) is 17.4 Å². The fraction of sp³-hybridized carbons (Fsp3) is 0.0741. The lowest BCUT2D eigenvalue weighted by molar-refractivity contribution is 0.298. The number of fused-ring (bicyclic) bond motifs is 16. The summed E-state index contributed by atoms with van der Waals surface area (Å²) >= 11 is 0. The Labute approximate surface area is 322 Å². The van der Waals surface area contributed by atoms with E-state index in [-0.39, 0.29) is 6.04 Å². The predicted molar refractivity (Wildman–Crippen MR) is 224 cm³/mol. The molecule has 1 aliphatic heterocycles. The van der Waals surface area contributed by atoms with Crippen LogP contribution < -0.4 is 0 Å². The van der Waals surface area contributed by atoms with Crippen LogP contribution in [-0.4, -0.2) is 4.90 Å². The molecule has 0 saturated heterocycles. The van der Waals surface area contributed by atoms with Crippen molar-refractivity contribution in [2.45, 2.75) is 23.4 Å². The highest BCUT2D eigenvalue weighted by Crippen LogP contribution is 2.67. The van der Waals surface area contributed by atoms with Crippen molar-refractivity contribution in [2.75, 3.05) is 0 Å². The Bertz CT molecular complexity index is 2770. The van der Waals surface area contributed by atoms with Gasteiger partial charge in [0.25, 0.3) is 0 Å². The molecule has 1 heteroatoms. The molecule has 0 bridgehead atoms. The first-order chi connectivity index (χ1) is 27.3. The Morgan fingerprint density at radius 3 is 1.35 bits per heavy atom. The molecule has 0 saturated carbocycles. The van der Waals surface area contributed by atoms with Crippen LogP contribution in [0.3, 0.4) is 0 Å². The van der Waals surface area contributed by atoms with Crippen molar-refractivity contribution in [1.29, 1.82) is 0 Å². The number of rotatable bonds is 4. The summed E-state index contributed by atoms with van der Waals surface area (Å²) in [5.74, 6) is 0. The summed E-state index contributed by atoms with van der Waals surface area (Å²) in [6, 6.07) is 75.5. The SMILES string of the molecule is C1=C(c2ccccc2)N(Cc2cccc3c2-c2ccccc2C32c3ccccc3C3(c4ccccc4-c4ccccc43)c3ccccc32)C1c1ccccc1. The average Bonchev–Trinajstić information content (AvgIpc) is 3.72. The maximum Gasteiger partial charge on any atom is 0.0753 e. The molecule has 0 radical (unpaired) electrons. The van der Waals surface area contributed by atoms with E-state index in [1.54, 1.807) is 0 Å². The van der Waals surface area contributed by atoms with Gasteiger partial charge in [-0.1, -0.05) is 200 Å². The quantitative estimate of drug-likeness (QED) is 0.177. The molecule has 12 rings (SSSR count). The summed E-state index contributed by atoms with van der Waals surface area (Å²) in [5.41, 5.74) is 20.7. The van der Waals surface area contributed by atoms with Crippen molar-refractivity contribution in [1.82, 2.24) is 4.90 Å². The zero-order chi connectivity index (χ0) is 36.1.